The van der Waals surface area contributed by atoms with Crippen LogP contribution in [0.4, 0.5) is 10.5 Å². The van der Waals surface area contributed by atoms with Crippen molar-refractivity contribution in [2.24, 2.45) is 5.73 Å². The molecule has 35 heavy (non-hydrogen) atoms. The molecule has 0 bridgehead atoms. The molecule has 1 heterocycles. The number of benzene rings is 3. The van der Waals surface area contributed by atoms with Crippen molar-refractivity contribution in [3.8, 4) is 16.9 Å². The van der Waals surface area contributed by atoms with E-state index in [1.165, 1.54) is 0 Å². The molecule has 0 saturated carbocycles. The standard InChI is InChI=1S/C26H27N3O6/c1-32-8-9-34-10-11-35-26(31)28-18-6-7-20-21-13-17(16-4-3-5-19(12-16)33-2)14-22(25(27)30)24(21)29-23(20)15-18/h3-7,12-15,29H,8-11H2,1-2H3,(H2,27,30)(H,28,31). The summed E-state index contributed by atoms with van der Waals surface area (Å²) in [6.45, 7) is 1.32. The predicted octanol–water partition coefficient (Wildman–Crippen LogP) is 4.31. The van der Waals surface area contributed by atoms with Gasteiger partial charge in [-0.05, 0) is 47.5 Å². The first-order valence-electron chi connectivity index (χ1n) is 11.0. The maximum absolute atomic E-state index is 12.3. The molecule has 9 nitrogen and oxygen atoms in total. The number of H-pyrrole nitrogens is 1. The van der Waals surface area contributed by atoms with Crippen molar-refractivity contribution in [3.05, 3.63) is 60.2 Å². The number of carbonyl (C=O) groups excluding carboxylic acids is 2. The van der Waals surface area contributed by atoms with Crippen molar-refractivity contribution >= 4 is 39.5 Å². The summed E-state index contributed by atoms with van der Waals surface area (Å²) >= 11 is 0. The van der Waals surface area contributed by atoms with Crippen molar-refractivity contribution in [2.75, 3.05) is 46.0 Å². The Labute approximate surface area is 202 Å². The third-order valence-electron chi connectivity index (χ3n) is 5.52. The lowest BCUT2D eigenvalue weighted by molar-refractivity contribution is 0.0447. The Bertz CT molecular complexity index is 1360. The number of methoxy groups -OCH3 is 2. The lowest BCUT2D eigenvalue weighted by Gasteiger charge is -2.08. The van der Waals surface area contributed by atoms with Gasteiger partial charge in [-0.2, -0.15) is 0 Å². The maximum Gasteiger partial charge on any atom is 0.411 e. The largest absolute Gasteiger partial charge is 0.497 e. The number of aromatic amines is 1. The topological polar surface area (TPSA) is 125 Å². The van der Waals surface area contributed by atoms with Crippen LogP contribution in [-0.4, -0.2) is 57.6 Å². The van der Waals surface area contributed by atoms with Crippen molar-refractivity contribution in [1.29, 1.82) is 0 Å². The van der Waals surface area contributed by atoms with Gasteiger partial charge in [0, 0.05) is 29.1 Å². The minimum Gasteiger partial charge on any atom is -0.497 e. The summed E-state index contributed by atoms with van der Waals surface area (Å²) in [5.74, 6) is 0.173. The van der Waals surface area contributed by atoms with Crippen LogP contribution in [0.25, 0.3) is 32.9 Å². The Hall–Kier alpha value is -4.08. The van der Waals surface area contributed by atoms with Crippen molar-refractivity contribution in [2.45, 2.75) is 0 Å². The second-order valence-electron chi connectivity index (χ2n) is 7.79. The van der Waals surface area contributed by atoms with E-state index < -0.39 is 12.0 Å². The maximum atomic E-state index is 12.3. The van der Waals surface area contributed by atoms with E-state index in [1.807, 2.05) is 36.4 Å². The second-order valence-corrected chi connectivity index (χ2v) is 7.79. The van der Waals surface area contributed by atoms with Crippen LogP contribution in [0.1, 0.15) is 10.4 Å². The van der Waals surface area contributed by atoms with E-state index in [4.69, 9.17) is 24.7 Å². The molecule has 0 aliphatic rings. The Morgan fingerprint density at radius 3 is 2.51 bits per heavy atom. The van der Waals surface area contributed by atoms with Crippen molar-refractivity contribution in [1.82, 2.24) is 4.98 Å². The van der Waals surface area contributed by atoms with Crippen molar-refractivity contribution in [3.63, 3.8) is 0 Å². The zero-order valence-corrected chi connectivity index (χ0v) is 19.6. The Morgan fingerprint density at radius 2 is 1.74 bits per heavy atom. The number of anilines is 1. The van der Waals surface area contributed by atoms with Crippen LogP contribution in [0.5, 0.6) is 5.75 Å². The number of nitrogens with two attached hydrogens (primary N) is 1. The Morgan fingerprint density at radius 1 is 0.914 bits per heavy atom. The zero-order valence-electron chi connectivity index (χ0n) is 19.6. The molecule has 4 aromatic rings. The fourth-order valence-corrected chi connectivity index (χ4v) is 3.84. The molecule has 0 aliphatic carbocycles. The van der Waals surface area contributed by atoms with E-state index in [2.05, 4.69) is 10.3 Å². The first kappa shape index (κ1) is 24.1. The average molecular weight is 478 g/mol. The molecule has 0 unspecified atom stereocenters. The van der Waals surface area contributed by atoms with Crippen LogP contribution in [0.2, 0.25) is 0 Å². The van der Waals surface area contributed by atoms with Gasteiger partial charge in [0.15, 0.2) is 0 Å². The molecule has 3 aromatic carbocycles. The molecule has 9 heteroatoms. The highest BCUT2D eigenvalue weighted by molar-refractivity contribution is 6.16. The minimum absolute atomic E-state index is 0.124. The summed E-state index contributed by atoms with van der Waals surface area (Å²) in [5.41, 5.74) is 9.74. The van der Waals surface area contributed by atoms with E-state index in [0.717, 1.165) is 27.4 Å². The number of hydrogen-bond donors (Lipinski definition) is 3. The van der Waals surface area contributed by atoms with Crippen LogP contribution in [0.3, 0.4) is 0 Å². The Balaban J connectivity index is 1.59. The van der Waals surface area contributed by atoms with Gasteiger partial charge in [-0.3, -0.25) is 10.1 Å². The third kappa shape index (κ3) is 5.53. The number of aromatic nitrogens is 1. The molecule has 0 atom stereocenters. The smallest absolute Gasteiger partial charge is 0.411 e. The van der Waals surface area contributed by atoms with E-state index in [1.54, 1.807) is 32.4 Å². The minimum atomic E-state index is -0.589. The number of carbonyl (C=O) groups is 2. The first-order chi connectivity index (χ1) is 17.0. The van der Waals surface area contributed by atoms with E-state index >= 15 is 0 Å². The molecular weight excluding hydrogens is 450 g/mol. The lowest BCUT2D eigenvalue weighted by atomic mass is 9.98. The SMILES string of the molecule is COCCOCCOC(=O)Nc1ccc2c(c1)[nH]c1c(C(N)=O)cc(-c3cccc(OC)c3)cc12. The molecule has 0 spiro atoms. The van der Waals surface area contributed by atoms with Crippen LogP contribution >= 0.6 is 0 Å². The van der Waals surface area contributed by atoms with Gasteiger partial charge in [0.05, 0.1) is 38.0 Å². The monoisotopic (exact) mass is 477 g/mol. The predicted molar refractivity (Wildman–Crippen MR) is 134 cm³/mol. The van der Waals surface area contributed by atoms with Gasteiger partial charge in [0.1, 0.15) is 12.4 Å². The number of nitrogens with one attached hydrogen (secondary N) is 2. The van der Waals surface area contributed by atoms with Gasteiger partial charge in [-0.1, -0.05) is 18.2 Å². The molecule has 0 fully saturated rings. The molecule has 182 valence electrons. The quantitative estimate of drug-likeness (QED) is 0.292. The normalized spacial score (nSPS) is 11.0. The zero-order chi connectivity index (χ0) is 24.8. The summed E-state index contributed by atoms with van der Waals surface area (Å²) in [5, 5.41) is 4.43. The van der Waals surface area contributed by atoms with Gasteiger partial charge in [-0.15, -0.1) is 0 Å². The number of hydrogen-bond acceptors (Lipinski definition) is 6. The summed E-state index contributed by atoms with van der Waals surface area (Å²) in [7, 11) is 3.20. The molecule has 0 radical (unpaired) electrons. The summed E-state index contributed by atoms with van der Waals surface area (Å²) in [6.07, 6.45) is -0.589. The molecule has 4 rings (SSSR count). The van der Waals surface area contributed by atoms with Crippen LogP contribution in [0, 0.1) is 0 Å². The van der Waals surface area contributed by atoms with Gasteiger partial charge in [0.25, 0.3) is 5.91 Å². The van der Waals surface area contributed by atoms with Gasteiger partial charge < -0.3 is 29.7 Å². The highest BCUT2D eigenvalue weighted by Gasteiger charge is 2.16. The molecule has 0 aliphatic heterocycles. The van der Waals surface area contributed by atoms with Gasteiger partial charge in [0.2, 0.25) is 0 Å². The number of amides is 2. The van der Waals surface area contributed by atoms with Crippen LogP contribution < -0.4 is 15.8 Å². The number of primary amides is 1. The number of ether oxygens (including phenoxy) is 4. The first-order valence-corrected chi connectivity index (χ1v) is 11.0. The fourth-order valence-electron chi connectivity index (χ4n) is 3.84. The second kappa shape index (κ2) is 10.9. The van der Waals surface area contributed by atoms with Crippen LogP contribution in [0.15, 0.2) is 54.6 Å². The highest BCUT2D eigenvalue weighted by Crippen LogP contribution is 2.34. The van der Waals surface area contributed by atoms with E-state index in [-0.39, 0.29) is 13.2 Å². The molecule has 4 N–H and O–H groups in total. The van der Waals surface area contributed by atoms with E-state index in [0.29, 0.717) is 35.7 Å². The third-order valence-corrected chi connectivity index (χ3v) is 5.52. The lowest BCUT2D eigenvalue weighted by Crippen LogP contribution is -2.17. The number of rotatable bonds is 10. The van der Waals surface area contributed by atoms with E-state index in [9.17, 15) is 9.59 Å². The van der Waals surface area contributed by atoms with Crippen LogP contribution in [-0.2, 0) is 14.2 Å². The molecule has 2 amide bonds. The summed E-state index contributed by atoms with van der Waals surface area (Å²) in [4.78, 5) is 27.7. The number of fused-ring (bicyclic) bond motifs is 3. The summed E-state index contributed by atoms with van der Waals surface area (Å²) in [6, 6.07) is 16.8. The molecule has 0 saturated heterocycles. The Kier molecular flexibility index (Phi) is 7.49. The summed E-state index contributed by atoms with van der Waals surface area (Å²) < 4.78 is 20.6. The highest BCUT2D eigenvalue weighted by atomic mass is 16.6. The molecular formula is C26H27N3O6. The van der Waals surface area contributed by atoms with Gasteiger partial charge in [-0.25, -0.2) is 4.79 Å². The van der Waals surface area contributed by atoms with Crippen molar-refractivity contribution < 1.29 is 28.5 Å². The van der Waals surface area contributed by atoms with Gasteiger partial charge >= 0.3 is 6.09 Å². The molecule has 1 aromatic heterocycles. The fraction of sp³-hybridized carbons (Fsp3) is 0.231. The average Bonchev–Trinajstić information content (AvgIpc) is 3.23.